The molecule has 1 heterocycles. The number of nitrogens with zero attached hydrogens (tertiary/aromatic N) is 1. The molecule has 0 spiro atoms. The number of pyridine rings is 1. The number of carbonyl (C=O) groups is 1. The summed E-state index contributed by atoms with van der Waals surface area (Å²) in [7, 11) is 0. The minimum atomic E-state index is -1.23. The van der Waals surface area contributed by atoms with Gasteiger partial charge in [-0.1, -0.05) is 18.2 Å². The molecule has 0 unspecified atom stereocenters. The fourth-order valence-electron chi connectivity index (χ4n) is 1.68. The second-order valence-electron chi connectivity index (χ2n) is 3.78. The maximum absolute atomic E-state index is 11.8. The van der Waals surface area contributed by atoms with Gasteiger partial charge in [0.25, 0.3) is 0 Å². The van der Waals surface area contributed by atoms with E-state index in [4.69, 9.17) is 5.11 Å². The van der Waals surface area contributed by atoms with Gasteiger partial charge < -0.3 is 9.67 Å². The van der Waals surface area contributed by atoms with E-state index in [9.17, 15) is 9.59 Å². The third-order valence-corrected chi connectivity index (χ3v) is 3.58. The highest BCUT2D eigenvalue weighted by Gasteiger charge is 2.16. The summed E-state index contributed by atoms with van der Waals surface area (Å²) in [6.45, 7) is 1.75. The van der Waals surface area contributed by atoms with Gasteiger partial charge in [-0.2, -0.15) is 0 Å². The van der Waals surface area contributed by atoms with Gasteiger partial charge in [0.05, 0.1) is 4.47 Å². The predicted octanol–water partition coefficient (Wildman–Crippen LogP) is 2.61. The van der Waals surface area contributed by atoms with Crippen molar-refractivity contribution < 1.29 is 9.90 Å². The molecule has 2 rings (SSSR count). The molecule has 0 atom stereocenters. The molecule has 0 fully saturated rings. The van der Waals surface area contributed by atoms with Crippen molar-refractivity contribution in [3.63, 3.8) is 0 Å². The maximum atomic E-state index is 11.8. The number of halogens is 1. The predicted molar refractivity (Wildman–Crippen MR) is 71.4 cm³/mol. The van der Waals surface area contributed by atoms with Gasteiger partial charge in [-0.3, -0.25) is 4.79 Å². The number of aromatic carboxylic acids is 1. The third kappa shape index (κ3) is 2.09. The number of hydrogen-bond donors (Lipinski definition) is 1. The molecule has 1 aromatic heterocycles. The zero-order valence-corrected chi connectivity index (χ0v) is 11.1. The average Bonchev–Trinajstić information content (AvgIpc) is 2.37. The first-order chi connectivity index (χ1) is 8.52. The Morgan fingerprint density at radius 2 is 1.89 bits per heavy atom. The van der Waals surface area contributed by atoms with Crippen molar-refractivity contribution in [3.05, 3.63) is 62.5 Å². The molecule has 1 N–H and O–H groups in total. The lowest BCUT2D eigenvalue weighted by atomic mass is 10.2. The maximum Gasteiger partial charge on any atom is 0.341 e. The van der Waals surface area contributed by atoms with Crippen molar-refractivity contribution in [1.82, 2.24) is 4.57 Å². The molecule has 0 radical (unpaired) electrons. The summed E-state index contributed by atoms with van der Waals surface area (Å²) in [5.41, 5.74) is 0.706. The van der Waals surface area contributed by atoms with E-state index in [1.807, 2.05) is 30.3 Å². The molecule has 0 aliphatic heterocycles. The first-order valence-electron chi connectivity index (χ1n) is 5.23. The number of aromatic nitrogens is 1. The Balaban J connectivity index is 2.77. The Kier molecular flexibility index (Phi) is 3.34. The molecule has 18 heavy (non-hydrogen) atoms. The van der Waals surface area contributed by atoms with Gasteiger partial charge in [0.1, 0.15) is 5.56 Å². The van der Waals surface area contributed by atoms with Crippen molar-refractivity contribution >= 4 is 21.9 Å². The molecule has 0 aliphatic rings. The zero-order chi connectivity index (χ0) is 13.3. The molecular weight excluding hydrogens is 298 g/mol. The van der Waals surface area contributed by atoms with Gasteiger partial charge in [0.15, 0.2) is 0 Å². The van der Waals surface area contributed by atoms with Crippen LogP contribution in [0.4, 0.5) is 0 Å². The molecule has 92 valence electrons. The summed E-state index contributed by atoms with van der Waals surface area (Å²) in [6.07, 6.45) is 1.35. The monoisotopic (exact) mass is 307 g/mol. The molecular formula is C13H10BrNO3. The van der Waals surface area contributed by atoms with Crippen LogP contribution in [0.2, 0.25) is 0 Å². The lowest BCUT2D eigenvalue weighted by Gasteiger charge is -2.13. The highest BCUT2D eigenvalue weighted by atomic mass is 79.9. The van der Waals surface area contributed by atoms with Crippen molar-refractivity contribution in [1.29, 1.82) is 0 Å². The number of carboxylic acid groups (broad SMARTS) is 1. The molecule has 2 aromatic rings. The summed E-state index contributed by atoms with van der Waals surface area (Å²) in [5.74, 6) is -1.23. The molecule has 4 nitrogen and oxygen atoms in total. The summed E-state index contributed by atoms with van der Waals surface area (Å²) < 4.78 is 1.95. The van der Waals surface area contributed by atoms with E-state index in [0.717, 1.165) is 5.69 Å². The number of benzene rings is 1. The second-order valence-corrected chi connectivity index (χ2v) is 4.57. The minimum absolute atomic E-state index is 0.253. The number of hydrogen-bond acceptors (Lipinski definition) is 2. The van der Waals surface area contributed by atoms with Crippen LogP contribution in [0.25, 0.3) is 5.69 Å². The Bertz CT molecular complexity index is 662. The van der Waals surface area contributed by atoms with Crippen LogP contribution in [0.15, 0.2) is 45.8 Å². The van der Waals surface area contributed by atoms with Crippen molar-refractivity contribution in [2.24, 2.45) is 0 Å². The first-order valence-corrected chi connectivity index (χ1v) is 6.02. The molecule has 1 aromatic carbocycles. The third-order valence-electron chi connectivity index (χ3n) is 2.65. The Labute approximate surface area is 112 Å². The van der Waals surface area contributed by atoms with Gasteiger partial charge in [-0.05, 0) is 35.0 Å². The summed E-state index contributed by atoms with van der Waals surface area (Å²) in [4.78, 5) is 22.8. The first kappa shape index (κ1) is 12.6. The van der Waals surface area contributed by atoms with Crippen LogP contribution in [0.3, 0.4) is 0 Å². The van der Waals surface area contributed by atoms with Crippen LogP contribution >= 0.6 is 15.9 Å². The van der Waals surface area contributed by atoms with Crippen molar-refractivity contribution in [3.8, 4) is 5.69 Å². The normalized spacial score (nSPS) is 10.3. The Morgan fingerprint density at radius 1 is 1.28 bits per heavy atom. The van der Waals surface area contributed by atoms with Crippen LogP contribution in [-0.2, 0) is 0 Å². The second kappa shape index (κ2) is 4.78. The molecule has 0 amide bonds. The Morgan fingerprint density at radius 3 is 2.44 bits per heavy atom. The fourth-order valence-corrected chi connectivity index (χ4v) is 2.09. The number of para-hydroxylation sites is 1. The Hall–Kier alpha value is -1.88. The highest BCUT2D eigenvalue weighted by molar-refractivity contribution is 9.10. The quantitative estimate of drug-likeness (QED) is 0.927. The molecule has 0 bridgehead atoms. The van der Waals surface area contributed by atoms with E-state index < -0.39 is 11.4 Å². The summed E-state index contributed by atoms with van der Waals surface area (Å²) in [5, 5.41) is 9.02. The van der Waals surface area contributed by atoms with Crippen molar-refractivity contribution in [2.45, 2.75) is 6.92 Å². The SMILES string of the molecule is Cc1c(Br)c(=O)c(C(=O)O)cn1-c1ccccc1. The van der Waals surface area contributed by atoms with Gasteiger partial charge in [-0.15, -0.1) is 0 Å². The average molecular weight is 308 g/mol. The lowest BCUT2D eigenvalue weighted by Crippen LogP contribution is -2.20. The topological polar surface area (TPSA) is 59.3 Å². The zero-order valence-electron chi connectivity index (χ0n) is 9.55. The molecule has 0 saturated heterocycles. The van der Waals surface area contributed by atoms with Crippen molar-refractivity contribution in [2.75, 3.05) is 0 Å². The van der Waals surface area contributed by atoms with Crippen LogP contribution in [0, 0.1) is 6.92 Å². The van der Waals surface area contributed by atoms with Gasteiger partial charge in [0, 0.05) is 17.6 Å². The van der Waals surface area contributed by atoms with E-state index in [2.05, 4.69) is 15.9 Å². The highest BCUT2D eigenvalue weighted by Crippen LogP contribution is 2.17. The van der Waals surface area contributed by atoms with Crippen LogP contribution in [-0.4, -0.2) is 15.6 Å². The van der Waals surface area contributed by atoms with E-state index >= 15 is 0 Å². The van der Waals surface area contributed by atoms with Gasteiger partial charge >= 0.3 is 5.97 Å². The largest absolute Gasteiger partial charge is 0.477 e. The lowest BCUT2D eigenvalue weighted by molar-refractivity contribution is 0.0694. The van der Waals surface area contributed by atoms with E-state index in [0.29, 0.717) is 5.69 Å². The standard InChI is InChI=1S/C13H10BrNO3/c1-8-11(14)12(16)10(13(17)18)7-15(8)9-5-3-2-4-6-9/h2-7H,1H3,(H,17,18). The van der Waals surface area contributed by atoms with E-state index in [1.165, 1.54) is 6.20 Å². The van der Waals surface area contributed by atoms with E-state index in [-0.39, 0.29) is 10.0 Å². The number of carboxylic acids is 1. The van der Waals surface area contributed by atoms with E-state index in [1.54, 1.807) is 11.5 Å². The molecule has 0 aliphatic carbocycles. The fraction of sp³-hybridized carbons (Fsp3) is 0.0769. The molecule has 5 heteroatoms. The smallest absolute Gasteiger partial charge is 0.341 e. The van der Waals surface area contributed by atoms with Crippen LogP contribution in [0.1, 0.15) is 16.1 Å². The van der Waals surface area contributed by atoms with Gasteiger partial charge in [-0.25, -0.2) is 4.79 Å². The van der Waals surface area contributed by atoms with Crippen LogP contribution < -0.4 is 5.43 Å². The summed E-state index contributed by atoms with van der Waals surface area (Å²) in [6, 6.07) is 9.25. The summed E-state index contributed by atoms with van der Waals surface area (Å²) >= 11 is 3.15. The minimum Gasteiger partial charge on any atom is -0.477 e. The number of rotatable bonds is 2. The molecule has 0 saturated carbocycles. The van der Waals surface area contributed by atoms with Crippen LogP contribution in [0.5, 0.6) is 0 Å². The van der Waals surface area contributed by atoms with Gasteiger partial charge in [0.2, 0.25) is 5.43 Å².